The van der Waals surface area contributed by atoms with Gasteiger partial charge in [-0.1, -0.05) is 11.6 Å². The zero-order valence-corrected chi connectivity index (χ0v) is 14.6. The molecule has 0 spiro atoms. The third kappa shape index (κ3) is 3.10. The second-order valence-electron chi connectivity index (χ2n) is 5.72. The maximum atomic E-state index is 12.8. The van der Waals surface area contributed by atoms with Gasteiger partial charge in [0.1, 0.15) is 5.69 Å². The molecule has 6 heteroatoms. The number of hydrogen-bond donors (Lipinski definition) is 2. The number of anilines is 1. The number of aromatic carboxylic acids is 1. The standard InChI is InChI=1S/C19H17ClN2O3/c1-3-22-16-9-6-13(20)10-15(16)11(2)17(22)18(23)21-14-7-4-12(5-8-14)19(24)25/h4-10H,3H2,1-2H3,(H,21,23)(H,24,25). The lowest BCUT2D eigenvalue weighted by Crippen LogP contribution is -2.18. The Hall–Kier alpha value is -2.79. The third-order valence-corrected chi connectivity index (χ3v) is 4.43. The van der Waals surface area contributed by atoms with E-state index in [0.717, 1.165) is 16.5 Å². The first-order chi connectivity index (χ1) is 11.9. The Morgan fingerprint density at radius 2 is 1.84 bits per heavy atom. The number of carbonyl (C=O) groups excluding carboxylic acids is 1. The van der Waals surface area contributed by atoms with Crippen LogP contribution in [0.4, 0.5) is 5.69 Å². The molecule has 0 unspecified atom stereocenters. The van der Waals surface area contributed by atoms with Gasteiger partial charge in [0.05, 0.1) is 5.56 Å². The van der Waals surface area contributed by atoms with Crippen LogP contribution in [-0.4, -0.2) is 21.6 Å². The van der Waals surface area contributed by atoms with E-state index in [-0.39, 0.29) is 11.5 Å². The molecule has 0 fully saturated rings. The van der Waals surface area contributed by atoms with Gasteiger partial charge in [-0.2, -0.15) is 0 Å². The third-order valence-electron chi connectivity index (χ3n) is 4.20. The first kappa shape index (κ1) is 17.0. The molecular weight excluding hydrogens is 340 g/mol. The summed E-state index contributed by atoms with van der Waals surface area (Å²) in [5, 5.41) is 13.3. The van der Waals surface area contributed by atoms with E-state index < -0.39 is 5.97 Å². The summed E-state index contributed by atoms with van der Waals surface area (Å²) in [5.41, 5.74) is 3.10. The zero-order chi connectivity index (χ0) is 18.1. The molecule has 0 saturated carbocycles. The molecular formula is C19H17ClN2O3. The molecule has 2 aromatic carbocycles. The normalized spacial score (nSPS) is 10.8. The minimum absolute atomic E-state index is 0.173. The first-order valence-electron chi connectivity index (χ1n) is 7.85. The average molecular weight is 357 g/mol. The molecule has 0 aliphatic heterocycles. The number of rotatable bonds is 4. The van der Waals surface area contributed by atoms with Gasteiger partial charge in [-0.25, -0.2) is 4.79 Å². The highest BCUT2D eigenvalue weighted by Crippen LogP contribution is 2.29. The van der Waals surface area contributed by atoms with Gasteiger partial charge in [0, 0.05) is 28.2 Å². The minimum atomic E-state index is -1.00. The fraction of sp³-hybridized carbons (Fsp3) is 0.158. The predicted octanol–water partition coefficient (Wildman–Crippen LogP) is 4.57. The van der Waals surface area contributed by atoms with E-state index in [2.05, 4.69) is 5.32 Å². The van der Waals surface area contributed by atoms with Crippen molar-refractivity contribution in [3.8, 4) is 0 Å². The number of aryl methyl sites for hydroxylation is 2. The predicted molar refractivity (Wildman–Crippen MR) is 98.7 cm³/mol. The van der Waals surface area contributed by atoms with Crippen molar-refractivity contribution in [3.05, 3.63) is 64.3 Å². The number of carboxylic acids is 1. The fourth-order valence-corrected chi connectivity index (χ4v) is 3.17. The number of aromatic nitrogens is 1. The van der Waals surface area contributed by atoms with Gasteiger partial charge in [-0.05, 0) is 61.9 Å². The zero-order valence-electron chi connectivity index (χ0n) is 13.8. The molecule has 1 heterocycles. The van der Waals surface area contributed by atoms with Crippen molar-refractivity contribution in [3.63, 3.8) is 0 Å². The fourth-order valence-electron chi connectivity index (χ4n) is 3.00. The van der Waals surface area contributed by atoms with Gasteiger partial charge >= 0.3 is 5.97 Å². The van der Waals surface area contributed by atoms with E-state index in [4.69, 9.17) is 16.7 Å². The number of carbonyl (C=O) groups is 2. The number of halogens is 1. The highest BCUT2D eigenvalue weighted by molar-refractivity contribution is 6.31. The SMILES string of the molecule is CCn1c(C(=O)Nc2ccc(C(=O)O)cc2)c(C)c2cc(Cl)ccc21. The van der Waals surface area contributed by atoms with E-state index in [1.54, 1.807) is 12.1 Å². The van der Waals surface area contributed by atoms with Crippen LogP contribution in [-0.2, 0) is 6.54 Å². The molecule has 3 rings (SSSR count). The van der Waals surface area contributed by atoms with Crippen LogP contribution in [0.2, 0.25) is 5.02 Å². The maximum absolute atomic E-state index is 12.8. The topological polar surface area (TPSA) is 71.3 Å². The molecule has 5 nitrogen and oxygen atoms in total. The summed E-state index contributed by atoms with van der Waals surface area (Å²) in [6, 6.07) is 11.6. The van der Waals surface area contributed by atoms with Gasteiger partial charge in [-0.15, -0.1) is 0 Å². The van der Waals surface area contributed by atoms with Crippen LogP contribution in [0.3, 0.4) is 0 Å². The first-order valence-corrected chi connectivity index (χ1v) is 8.23. The van der Waals surface area contributed by atoms with Crippen LogP contribution >= 0.6 is 11.6 Å². The van der Waals surface area contributed by atoms with E-state index in [1.165, 1.54) is 12.1 Å². The Labute approximate surface area is 149 Å². The van der Waals surface area contributed by atoms with Crippen LogP contribution in [0.1, 0.15) is 33.3 Å². The monoisotopic (exact) mass is 356 g/mol. The lowest BCUT2D eigenvalue weighted by atomic mass is 10.1. The Bertz CT molecular complexity index is 974. The molecule has 25 heavy (non-hydrogen) atoms. The number of hydrogen-bond acceptors (Lipinski definition) is 2. The molecule has 0 radical (unpaired) electrons. The summed E-state index contributed by atoms with van der Waals surface area (Å²) in [7, 11) is 0. The van der Waals surface area contributed by atoms with Gasteiger partial charge in [0.25, 0.3) is 5.91 Å². The minimum Gasteiger partial charge on any atom is -0.478 e. The van der Waals surface area contributed by atoms with E-state index in [1.807, 2.05) is 36.6 Å². The van der Waals surface area contributed by atoms with Crippen LogP contribution in [0.25, 0.3) is 10.9 Å². The maximum Gasteiger partial charge on any atom is 0.335 e. The second-order valence-corrected chi connectivity index (χ2v) is 6.15. The number of nitrogens with zero attached hydrogens (tertiary/aromatic N) is 1. The number of amides is 1. The van der Waals surface area contributed by atoms with Crippen LogP contribution in [0, 0.1) is 6.92 Å². The summed E-state index contributed by atoms with van der Waals surface area (Å²) in [5.74, 6) is -1.24. The summed E-state index contributed by atoms with van der Waals surface area (Å²) in [4.78, 5) is 23.7. The number of benzene rings is 2. The molecule has 0 atom stereocenters. The lowest BCUT2D eigenvalue weighted by Gasteiger charge is -2.10. The van der Waals surface area contributed by atoms with Gasteiger partial charge in [-0.3, -0.25) is 4.79 Å². The summed E-state index contributed by atoms with van der Waals surface area (Å²) in [6.45, 7) is 4.52. The van der Waals surface area contributed by atoms with Crippen molar-refractivity contribution in [2.45, 2.75) is 20.4 Å². The van der Waals surface area contributed by atoms with Crippen molar-refractivity contribution < 1.29 is 14.7 Å². The van der Waals surface area contributed by atoms with Crippen LogP contribution in [0.5, 0.6) is 0 Å². The molecule has 0 saturated heterocycles. The average Bonchev–Trinajstić information content (AvgIpc) is 2.87. The number of nitrogens with one attached hydrogen (secondary N) is 1. The highest BCUT2D eigenvalue weighted by atomic mass is 35.5. The quantitative estimate of drug-likeness (QED) is 0.719. The largest absolute Gasteiger partial charge is 0.478 e. The van der Waals surface area contributed by atoms with Gasteiger partial charge in [0.15, 0.2) is 0 Å². The van der Waals surface area contributed by atoms with Gasteiger partial charge in [0.2, 0.25) is 0 Å². The summed E-state index contributed by atoms with van der Waals surface area (Å²) in [6.07, 6.45) is 0. The van der Waals surface area contributed by atoms with E-state index in [9.17, 15) is 9.59 Å². The smallest absolute Gasteiger partial charge is 0.335 e. The van der Waals surface area contributed by atoms with Crippen molar-refractivity contribution in [1.29, 1.82) is 0 Å². The molecule has 1 aromatic heterocycles. The Kier molecular flexibility index (Phi) is 4.51. The highest BCUT2D eigenvalue weighted by Gasteiger charge is 2.20. The summed E-state index contributed by atoms with van der Waals surface area (Å²) < 4.78 is 1.95. The molecule has 0 aliphatic rings. The van der Waals surface area contributed by atoms with E-state index in [0.29, 0.717) is 22.9 Å². The van der Waals surface area contributed by atoms with E-state index >= 15 is 0 Å². The Balaban J connectivity index is 1.99. The number of fused-ring (bicyclic) bond motifs is 1. The van der Waals surface area contributed by atoms with Crippen LogP contribution in [0.15, 0.2) is 42.5 Å². The molecule has 0 bridgehead atoms. The number of carboxylic acid groups (broad SMARTS) is 1. The summed E-state index contributed by atoms with van der Waals surface area (Å²) >= 11 is 6.09. The van der Waals surface area contributed by atoms with Crippen molar-refractivity contribution in [1.82, 2.24) is 4.57 Å². The Morgan fingerprint density at radius 3 is 2.44 bits per heavy atom. The molecule has 0 aliphatic carbocycles. The molecule has 2 N–H and O–H groups in total. The molecule has 128 valence electrons. The second kappa shape index (κ2) is 6.61. The molecule has 1 amide bonds. The van der Waals surface area contributed by atoms with Crippen molar-refractivity contribution in [2.75, 3.05) is 5.32 Å². The van der Waals surface area contributed by atoms with Crippen molar-refractivity contribution in [2.24, 2.45) is 0 Å². The van der Waals surface area contributed by atoms with Crippen LogP contribution < -0.4 is 5.32 Å². The van der Waals surface area contributed by atoms with Gasteiger partial charge < -0.3 is 15.0 Å². The Morgan fingerprint density at radius 1 is 1.16 bits per heavy atom. The van der Waals surface area contributed by atoms with Crippen molar-refractivity contribution >= 4 is 40.1 Å². The molecule has 3 aromatic rings. The lowest BCUT2D eigenvalue weighted by molar-refractivity contribution is 0.0696.